The molecule has 0 aromatic carbocycles. The van der Waals surface area contributed by atoms with Crippen molar-refractivity contribution in [1.82, 2.24) is 4.98 Å². The summed E-state index contributed by atoms with van der Waals surface area (Å²) in [5, 5.41) is 0.391. The van der Waals surface area contributed by atoms with Gasteiger partial charge < -0.3 is 11.2 Å². The van der Waals surface area contributed by atoms with E-state index in [-0.39, 0.29) is 10.3 Å². The lowest BCUT2D eigenvalue weighted by Gasteiger charge is -2.05. The van der Waals surface area contributed by atoms with Gasteiger partial charge in [0.05, 0.1) is 11.4 Å². The Bertz CT molecular complexity index is 275. The van der Waals surface area contributed by atoms with E-state index in [4.69, 9.17) is 34.8 Å². The highest BCUT2D eigenvalue weighted by molar-refractivity contribution is 6.34. The van der Waals surface area contributed by atoms with E-state index in [1.54, 1.807) is 0 Å². The van der Waals surface area contributed by atoms with Crippen LogP contribution in [0.4, 0.5) is 11.4 Å². The van der Waals surface area contributed by atoms with Crippen molar-refractivity contribution in [2.45, 2.75) is 0 Å². The lowest BCUT2D eigenvalue weighted by atomic mass is 10.4. The highest BCUT2D eigenvalue weighted by Gasteiger charge is 2.04. The monoisotopic (exact) mass is 192 g/mol. The molecule has 6 heteroatoms. The topological polar surface area (TPSA) is 77.0 Å². The lowest BCUT2D eigenvalue weighted by Crippen LogP contribution is -2.09. The van der Waals surface area contributed by atoms with Gasteiger partial charge in [0.2, 0.25) is 0 Å². The summed E-state index contributed by atoms with van der Waals surface area (Å²) in [7, 11) is 0. The summed E-state index contributed by atoms with van der Waals surface area (Å²) in [6.07, 6.45) is 0. The second-order valence-electron chi connectivity index (χ2n) is 1.84. The van der Waals surface area contributed by atoms with Gasteiger partial charge in [0, 0.05) is 6.07 Å². The van der Waals surface area contributed by atoms with Gasteiger partial charge in [-0.1, -0.05) is 23.2 Å². The Kier molecular flexibility index (Phi) is 2.38. The number of halogens is 2. The first-order chi connectivity index (χ1) is 5.15. The molecule has 0 saturated heterocycles. The van der Waals surface area contributed by atoms with Crippen LogP contribution >= 0.6 is 23.2 Å². The van der Waals surface area contributed by atoms with Crippen LogP contribution in [0.1, 0.15) is 0 Å². The third kappa shape index (κ3) is 1.65. The SMILES string of the molecule is NNc1cc(Cl)nc(Cl)c1N. The van der Waals surface area contributed by atoms with Gasteiger partial charge in [-0.05, 0) is 0 Å². The first-order valence-corrected chi connectivity index (χ1v) is 3.49. The van der Waals surface area contributed by atoms with Crippen LogP contribution in [-0.4, -0.2) is 4.98 Å². The Hall–Kier alpha value is -0.710. The number of hydrazine groups is 1. The third-order valence-electron chi connectivity index (χ3n) is 1.14. The summed E-state index contributed by atoms with van der Waals surface area (Å²) in [5.41, 5.74) is 8.57. The standard InChI is InChI=1S/C5H6Cl2N4/c6-3-1-2(11-9)4(8)5(7)10-3/h1H,8-9H2,(H,10,11). The highest BCUT2D eigenvalue weighted by Crippen LogP contribution is 2.27. The molecule has 60 valence electrons. The molecule has 0 aliphatic heterocycles. The minimum absolute atomic E-state index is 0.144. The largest absolute Gasteiger partial charge is 0.395 e. The predicted molar refractivity (Wildman–Crippen MR) is 46.5 cm³/mol. The molecular weight excluding hydrogens is 187 g/mol. The maximum atomic E-state index is 5.58. The zero-order valence-electron chi connectivity index (χ0n) is 5.44. The van der Waals surface area contributed by atoms with Crippen LogP contribution in [0.25, 0.3) is 0 Å². The quantitative estimate of drug-likeness (QED) is 0.356. The van der Waals surface area contributed by atoms with Crippen LogP contribution in [0.15, 0.2) is 6.07 Å². The maximum Gasteiger partial charge on any atom is 0.155 e. The van der Waals surface area contributed by atoms with E-state index in [9.17, 15) is 0 Å². The molecule has 1 rings (SSSR count). The summed E-state index contributed by atoms with van der Waals surface area (Å²) in [6, 6.07) is 1.49. The molecule has 0 aliphatic rings. The Balaban J connectivity index is 3.24. The fraction of sp³-hybridized carbons (Fsp3) is 0. The number of hydrogen-bond donors (Lipinski definition) is 3. The van der Waals surface area contributed by atoms with Gasteiger partial charge in [0.1, 0.15) is 5.15 Å². The third-order valence-corrected chi connectivity index (χ3v) is 1.62. The number of pyridine rings is 1. The smallest absolute Gasteiger partial charge is 0.155 e. The number of nitrogen functional groups attached to an aromatic ring is 2. The number of rotatable bonds is 1. The molecule has 0 spiro atoms. The van der Waals surface area contributed by atoms with Crippen molar-refractivity contribution < 1.29 is 0 Å². The van der Waals surface area contributed by atoms with Crippen molar-refractivity contribution in [3.8, 4) is 0 Å². The number of aromatic nitrogens is 1. The van der Waals surface area contributed by atoms with Crippen molar-refractivity contribution in [3.05, 3.63) is 16.4 Å². The average molecular weight is 193 g/mol. The average Bonchev–Trinajstić information content (AvgIpc) is 1.96. The molecule has 0 amide bonds. The molecule has 1 aromatic heterocycles. The van der Waals surface area contributed by atoms with Crippen LogP contribution < -0.4 is 17.0 Å². The van der Waals surface area contributed by atoms with Gasteiger partial charge in [-0.15, -0.1) is 0 Å². The van der Waals surface area contributed by atoms with Crippen LogP contribution in [0, 0.1) is 0 Å². The van der Waals surface area contributed by atoms with E-state index < -0.39 is 0 Å². The molecule has 0 bridgehead atoms. The van der Waals surface area contributed by atoms with E-state index in [0.717, 1.165) is 0 Å². The zero-order valence-corrected chi connectivity index (χ0v) is 6.95. The molecule has 5 N–H and O–H groups in total. The molecule has 4 nitrogen and oxygen atoms in total. The van der Waals surface area contributed by atoms with Gasteiger partial charge in [-0.3, -0.25) is 5.84 Å². The summed E-state index contributed by atoms with van der Waals surface area (Å²) >= 11 is 11.1. The molecule has 0 unspecified atom stereocenters. The van der Waals surface area contributed by atoms with Crippen LogP contribution in [0.5, 0.6) is 0 Å². The van der Waals surface area contributed by atoms with E-state index in [1.165, 1.54) is 6.07 Å². The van der Waals surface area contributed by atoms with Crippen molar-refractivity contribution in [2.24, 2.45) is 5.84 Å². The summed E-state index contributed by atoms with van der Waals surface area (Å²) in [5.74, 6) is 5.11. The lowest BCUT2D eigenvalue weighted by molar-refractivity contribution is 1.29. The Morgan fingerprint density at radius 1 is 1.45 bits per heavy atom. The second-order valence-corrected chi connectivity index (χ2v) is 2.59. The van der Waals surface area contributed by atoms with Gasteiger partial charge in [0.15, 0.2) is 5.15 Å². The Morgan fingerprint density at radius 3 is 2.64 bits per heavy atom. The number of hydrogen-bond acceptors (Lipinski definition) is 4. The van der Waals surface area contributed by atoms with E-state index in [2.05, 4.69) is 10.4 Å². The van der Waals surface area contributed by atoms with E-state index in [0.29, 0.717) is 11.4 Å². The van der Waals surface area contributed by atoms with Gasteiger partial charge in [-0.25, -0.2) is 4.98 Å². The molecule has 0 fully saturated rings. The highest BCUT2D eigenvalue weighted by atomic mass is 35.5. The summed E-state index contributed by atoms with van der Waals surface area (Å²) in [6.45, 7) is 0. The normalized spacial score (nSPS) is 9.73. The van der Waals surface area contributed by atoms with Crippen molar-refractivity contribution >= 4 is 34.6 Å². The number of nitrogens with zero attached hydrogens (tertiary/aromatic N) is 1. The second kappa shape index (κ2) is 3.13. The number of nitrogens with two attached hydrogens (primary N) is 2. The summed E-state index contributed by atoms with van der Waals surface area (Å²) in [4.78, 5) is 3.69. The minimum Gasteiger partial charge on any atom is -0.395 e. The van der Waals surface area contributed by atoms with Gasteiger partial charge in [-0.2, -0.15) is 0 Å². The minimum atomic E-state index is 0.144. The molecule has 0 saturated carbocycles. The van der Waals surface area contributed by atoms with E-state index >= 15 is 0 Å². The molecule has 0 radical (unpaired) electrons. The molecular formula is C5H6Cl2N4. The molecule has 1 aromatic rings. The van der Waals surface area contributed by atoms with Crippen LogP contribution in [0.2, 0.25) is 10.3 Å². The fourth-order valence-corrected chi connectivity index (χ4v) is 1.04. The van der Waals surface area contributed by atoms with Gasteiger partial charge in [0.25, 0.3) is 0 Å². The summed E-state index contributed by atoms with van der Waals surface area (Å²) < 4.78 is 0. The molecule has 0 atom stereocenters. The first-order valence-electron chi connectivity index (χ1n) is 2.73. The molecule has 11 heavy (non-hydrogen) atoms. The Labute approximate surface area is 73.5 Å². The van der Waals surface area contributed by atoms with Crippen molar-refractivity contribution in [2.75, 3.05) is 11.2 Å². The number of anilines is 2. The van der Waals surface area contributed by atoms with Crippen LogP contribution in [0.3, 0.4) is 0 Å². The maximum absolute atomic E-state index is 5.58. The predicted octanol–water partition coefficient (Wildman–Crippen LogP) is 1.26. The molecule has 1 heterocycles. The van der Waals surface area contributed by atoms with Crippen molar-refractivity contribution in [1.29, 1.82) is 0 Å². The molecule has 0 aliphatic carbocycles. The fourth-order valence-electron chi connectivity index (χ4n) is 0.614. The van der Waals surface area contributed by atoms with Crippen LogP contribution in [-0.2, 0) is 0 Å². The van der Waals surface area contributed by atoms with Crippen molar-refractivity contribution in [3.63, 3.8) is 0 Å². The first kappa shape index (κ1) is 8.39. The zero-order chi connectivity index (χ0) is 8.43. The van der Waals surface area contributed by atoms with E-state index in [1.807, 2.05) is 0 Å². The van der Waals surface area contributed by atoms with Gasteiger partial charge >= 0.3 is 0 Å². The Morgan fingerprint density at radius 2 is 2.09 bits per heavy atom. The number of nitrogens with one attached hydrogen (secondary N) is 1.